The van der Waals surface area contributed by atoms with Crippen molar-refractivity contribution in [1.82, 2.24) is 19.9 Å². The maximum absolute atomic E-state index is 12.7. The van der Waals surface area contributed by atoms with Crippen LogP contribution in [0.25, 0.3) is 32.9 Å². The molecule has 31 heavy (non-hydrogen) atoms. The van der Waals surface area contributed by atoms with Crippen molar-refractivity contribution in [1.29, 1.82) is 0 Å². The highest BCUT2D eigenvalue weighted by molar-refractivity contribution is 7.17. The zero-order chi connectivity index (χ0) is 21.2. The lowest BCUT2D eigenvalue weighted by molar-refractivity contribution is -0.131. The van der Waals surface area contributed by atoms with Gasteiger partial charge in [-0.1, -0.05) is 36.4 Å². The summed E-state index contributed by atoms with van der Waals surface area (Å²) in [6, 6.07) is 15.8. The van der Waals surface area contributed by atoms with Crippen LogP contribution in [0.1, 0.15) is 0 Å². The number of benzene rings is 1. The highest BCUT2D eigenvalue weighted by Crippen LogP contribution is 2.39. The molecule has 156 valence electrons. The van der Waals surface area contributed by atoms with Crippen LogP contribution in [0.3, 0.4) is 0 Å². The van der Waals surface area contributed by atoms with Crippen LogP contribution in [-0.2, 0) is 4.79 Å². The molecule has 1 saturated heterocycles. The first-order valence-corrected chi connectivity index (χ1v) is 11.0. The Bertz CT molecular complexity index is 1210. The van der Waals surface area contributed by atoms with Gasteiger partial charge in [0.1, 0.15) is 16.3 Å². The fourth-order valence-corrected chi connectivity index (χ4v) is 4.78. The number of hydrogen-bond donors (Lipinski definition) is 1. The topological polar surface area (TPSA) is 82.5 Å². The van der Waals surface area contributed by atoms with Crippen LogP contribution in [0.4, 0.5) is 5.82 Å². The number of nitrogens with zero attached hydrogens (tertiary/aromatic N) is 5. The molecule has 0 saturated carbocycles. The molecule has 0 radical (unpaired) electrons. The number of aliphatic hydroxyl groups excluding tert-OH is 1. The summed E-state index contributed by atoms with van der Waals surface area (Å²) in [5.74, 6) is 1.29. The third kappa shape index (κ3) is 3.75. The minimum atomic E-state index is -0.0317. The van der Waals surface area contributed by atoms with E-state index in [9.17, 15) is 9.90 Å². The van der Waals surface area contributed by atoms with E-state index < -0.39 is 0 Å². The Morgan fingerprint density at radius 2 is 1.87 bits per heavy atom. The highest BCUT2D eigenvalue weighted by atomic mass is 32.1. The van der Waals surface area contributed by atoms with E-state index in [2.05, 4.69) is 22.5 Å². The molecule has 1 N–H and O–H groups in total. The number of piperazine rings is 1. The monoisotopic (exact) mass is 431 g/mol. The normalized spacial score (nSPS) is 14.4. The summed E-state index contributed by atoms with van der Waals surface area (Å²) >= 11 is 1.57. The van der Waals surface area contributed by atoms with Crippen LogP contribution < -0.4 is 4.90 Å². The van der Waals surface area contributed by atoms with Crippen molar-refractivity contribution in [2.45, 2.75) is 0 Å². The van der Waals surface area contributed by atoms with E-state index in [1.807, 2.05) is 41.3 Å². The summed E-state index contributed by atoms with van der Waals surface area (Å²) in [7, 11) is 0. The Morgan fingerprint density at radius 1 is 1.03 bits per heavy atom. The number of fused-ring (bicyclic) bond motifs is 1. The Balaban J connectivity index is 1.65. The molecule has 0 spiro atoms. The summed E-state index contributed by atoms with van der Waals surface area (Å²) in [4.78, 5) is 31.4. The Hall–Kier alpha value is -3.36. The zero-order valence-corrected chi connectivity index (χ0v) is 17.6. The molecule has 0 unspecified atom stereocenters. The molecular formula is C23H21N5O2S. The van der Waals surface area contributed by atoms with Crippen LogP contribution in [0.2, 0.25) is 0 Å². The van der Waals surface area contributed by atoms with Crippen LogP contribution in [0.15, 0.2) is 60.1 Å². The predicted molar refractivity (Wildman–Crippen MR) is 122 cm³/mol. The van der Waals surface area contributed by atoms with Gasteiger partial charge in [0, 0.05) is 36.8 Å². The van der Waals surface area contributed by atoms with E-state index in [-0.39, 0.29) is 19.1 Å². The summed E-state index contributed by atoms with van der Waals surface area (Å²) in [6.45, 7) is 1.74. The number of β-amino-alcohol motifs (C(OH)–C–C–N with tert-alkyl or cyclic N) is 1. The van der Waals surface area contributed by atoms with Crippen LogP contribution in [0.5, 0.6) is 0 Å². The maximum Gasteiger partial charge on any atom is 0.242 e. The molecule has 1 aromatic carbocycles. The van der Waals surface area contributed by atoms with Gasteiger partial charge in [0.2, 0.25) is 5.91 Å². The van der Waals surface area contributed by atoms with Crippen molar-refractivity contribution in [2.24, 2.45) is 0 Å². The van der Waals surface area contributed by atoms with Gasteiger partial charge in [-0.2, -0.15) is 0 Å². The van der Waals surface area contributed by atoms with Crippen LogP contribution >= 0.6 is 11.3 Å². The molecule has 3 aromatic heterocycles. The lowest BCUT2D eigenvalue weighted by atomic mass is 10.1. The number of pyridine rings is 1. The van der Waals surface area contributed by atoms with Crippen LogP contribution in [-0.4, -0.2) is 63.7 Å². The maximum atomic E-state index is 12.7. The molecule has 0 atom stereocenters. The first kappa shape index (κ1) is 19.6. The molecule has 0 bridgehead atoms. The van der Waals surface area contributed by atoms with Crippen molar-refractivity contribution >= 4 is 33.3 Å². The quantitative estimate of drug-likeness (QED) is 0.523. The standard InChI is InChI=1S/C23H21N5O2S/c29-13-12-27-10-11-28(14-19(27)30)22-20-17(16-6-2-1-3-7-16)15-31-23(20)26-21(25-22)18-8-4-5-9-24-18/h1-9,15,29H,10-14H2. The third-order valence-electron chi connectivity index (χ3n) is 5.38. The summed E-state index contributed by atoms with van der Waals surface area (Å²) in [6.07, 6.45) is 1.73. The number of thiophene rings is 1. The van der Waals surface area contributed by atoms with Gasteiger partial charge < -0.3 is 14.9 Å². The summed E-state index contributed by atoms with van der Waals surface area (Å²) in [5.41, 5.74) is 2.85. The number of anilines is 1. The molecule has 5 rings (SSSR count). The molecule has 1 aliphatic rings. The molecule has 4 heterocycles. The second kappa shape index (κ2) is 8.41. The first-order valence-electron chi connectivity index (χ1n) is 10.1. The Kier molecular flexibility index (Phi) is 5.31. The second-order valence-corrected chi connectivity index (χ2v) is 8.17. The van der Waals surface area contributed by atoms with Gasteiger partial charge in [0.15, 0.2) is 5.82 Å². The van der Waals surface area contributed by atoms with Gasteiger partial charge in [-0.05, 0) is 17.7 Å². The van der Waals surface area contributed by atoms with Gasteiger partial charge in [0.05, 0.1) is 18.5 Å². The lowest BCUT2D eigenvalue weighted by Crippen LogP contribution is -2.51. The number of aromatic nitrogens is 3. The largest absolute Gasteiger partial charge is 0.395 e. The minimum absolute atomic E-state index is 0.0112. The van der Waals surface area contributed by atoms with Crippen LogP contribution in [0, 0.1) is 0 Å². The number of rotatable bonds is 5. The van der Waals surface area contributed by atoms with Crippen molar-refractivity contribution in [2.75, 3.05) is 37.7 Å². The first-order chi connectivity index (χ1) is 15.2. The number of carbonyl (C=O) groups excluding carboxylic acids is 1. The molecular weight excluding hydrogens is 410 g/mol. The summed E-state index contributed by atoms with van der Waals surface area (Å²) < 4.78 is 0. The third-order valence-corrected chi connectivity index (χ3v) is 6.25. The SMILES string of the molecule is O=C1CN(c2nc(-c3ccccn3)nc3scc(-c4ccccc4)c23)CCN1CCO. The molecule has 1 aliphatic heterocycles. The fraction of sp³-hybridized carbons (Fsp3) is 0.217. The molecule has 7 nitrogen and oxygen atoms in total. The number of hydrogen-bond acceptors (Lipinski definition) is 7. The van der Waals surface area contributed by atoms with E-state index in [0.717, 1.165) is 27.2 Å². The average molecular weight is 432 g/mol. The fourth-order valence-electron chi connectivity index (χ4n) is 3.84. The van der Waals surface area contributed by atoms with Gasteiger partial charge in [-0.15, -0.1) is 11.3 Å². The highest BCUT2D eigenvalue weighted by Gasteiger charge is 2.28. The molecule has 1 amide bonds. The number of carbonyl (C=O) groups is 1. The molecule has 1 fully saturated rings. The van der Waals surface area contributed by atoms with Gasteiger partial charge in [0.25, 0.3) is 0 Å². The van der Waals surface area contributed by atoms with E-state index in [1.165, 1.54) is 0 Å². The van der Waals surface area contributed by atoms with Crippen molar-refractivity contribution < 1.29 is 9.90 Å². The number of amides is 1. The lowest BCUT2D eigenvalue weighted by Gasteiger charge is -2.35. The van der Waals surface area contributed by atoms with Gasteiger partial charge >= 0.3 is 0 Å². The second-order valence-electron chi connectivity index (χ2n) is 7.31. The van der Waals surface area contributed by atoms with Gasteiger partial charge in [-0.3, -0.25) is 9.78 Å². The minimum Gasteiger partial charge on any atom is -0.395 e. The van der Waals surface area contributed by atoms with Crippen molar-refractivity contribution in [3.8, 4) is 22.6 Å². The smallest absolute Gasteiger partial charge is 0.242 e. The Morgan fingerprint density at radius 3 is 2.61 bits per heavy atom. The average Bonchev–Trinajstić information content (AvgIpc) is 3.25. The van der Waals surface area contributed by atoms with E-state index in [0.29, 0.717) is 31.2 Å². The molecule has 0 aliphatic carbocycles. The predicted octanol–water partition coefficient (Wildman–Crippen LogP) is 3.06. The zero-order valence-electron chi connectivity index (χ0n) is 16.8. The summed E-state index contributed by atoms with van der Waals surface area (Å²) in [5, 5.41) is 12.3. The molecule has 4 aromatic rings. The number of aliphatic hydroxyl groups is 1. The van der Waals surface area contributed by atoms with Gasteiger partial charge in [-0.25, -0.2) is 9.97 Å². The van der Waals surface area contributed by atoms with E-state index in [1.54, 1.807) is 22.4 Å². The Labute approximate surface area is 183 Å². The molecule has 8 heteroatoms. The van der Waals surface area contributed by atoms with Crippen molar-refractivity contribution in [3.63, 3.8) is 0 Å². The van der Waals surface area contributed by atoms with Crippen molar-refractivity contribution in [3.05, 3.63) is 60.1 Å². The van der Waals surface area contributed by atoms with E-state index >= 15 is 0 Å². The van der Waals surface area contributed by atoms with E-state index in [4.69, 9.17) is 9.97 Å².